The number of hydrogen-bond acceptors (Lipinski definition) is 9. The van der Waals surface area contributed by atoms with Crippen LogP contribution >= 0.6 is 0 Å². The molecule has 0 aliphatic rings. The quantitative estimate of drug-likeness (QED) is 0.170. The van der Waals surface area contributed by atoms with Crippen LogP contribution in [0.5, 0.6) is 17.2 Å². The van der Waals surface area contributed by atoms with Crippen molar-refractivity contribution in [2.75, 3.05) is 18.2 Å². The van der Waals surface area contributed by atoms with Crippen molar-refractivity contribution in [1.82, 2.24) is 10.4 Å². The van der Waals surface area contributed by atoms with Crippen molar-refractivity contribution in [2.24, 2.45) is 0 Å². The number of nitrogens with zero attached hydrogens (tertiary/aromatic N) is 1. The van der Waals surface area contributed by atoms with Crippen LogP contribution in [0.4, 0.5) is 13.2 Å². The number of amides is 1. The molecular formula is C25H25F3N2O8S2. The molecule has 0 heterocycles. The number of nitrogens with one attached hydrogen (secondary N) is 1. The summed E-state index contributed by atoms with van der Waals surface area (Å²) in [5.41, 5.74) is 0.868. The van der Waals surface area contributed by atoms with Crippen LogP contribution in [0.3, 0.4) is 0 Å². The molecule has 0 saturated heterocycles. The van der Waals surface area contributed by atoms with Gasteiger partial charge in [0.2, 0.25) is 6.41 Å². The molecule has 1 amide bonds. The summed E-state index contributed by atoms with van der Waals surface area (Å²) in [6.07, 6.45) is -4.82. The van der Waals surface area contributed by atoms with Gasteiger partial charge in [0.25, 0.3) is 0 Å². The van der Waals surface area contributed by atoms with Crippen molar-refractivity contribution in [3.63, 3.8) is 0 Å². The van der Waals surface area contributed by atoms with Crippen molar-refractivity contribution in [3.05, 3.63) is 78.4 Å². The Bertz CT molecular complexity index is 1500. The summed E-state index contributed by atoms with van der Waals surface area (Å²) in [4.78, 5) is 11.0. The molecule has 15 heteroatoms. The highest BCUT2D eigenvalue weighted by atomic mass is 32.2. The van der Waals surface area contributed by atoms with Crippen molar-refractivity contribution >= 4 is 26.1 Å². The standard InChI is InChI=1S/C25H25F3N2O8S2/c1-18-2-10-24(11-3-18)40(35,36)16-29-14-19(30(32)17-31)15-39(33,34)23-12-8-21(9-13-23)37-20-4-6-22(7-5-20)38-25(26,27)28/h2-13,17,19,29,32H,14-16H2,1H3. The van der Waals surface area contributed by atoms with E-state index in [1.165, 1.54) is 48.5 Å². The zero-order chi connectivity index (χ0) is 29.6. The van der Waals surface area contributed by atoms with Gasteiger partial charge in [0.05, 0.1) is 21.6 Å². The Morgan fingerprint density at radius 3 is 1.85 bits per heavy atom. The van der Waals surface area contributed by atoms with Gasteiger partial charge in [-0.25, -0.2) is 21.9 Å². The first-order valence-corrected chi connectivity index (χ1v) is 14.8. The third-order valence-electron chi connectivity index (χ3n) is 5.42. The van der Waals surface area contributed by atoms with Gasteiger partial charge < -0.3 is 14.8 Å². The zero-order valence-electron chi connectivity index (χ0n) is 20.9. The number of halogens is 3. The van der Waals surface area contributed by atoms with E-state index in [2.05, 4.69) is 10.1 Å². The Morgan fingerprint density at radius 2 is 1.32 bits per heavy atom. The number of benzene rings is 3. The molecule has 0 fully saturated rings. The van der Waals surface area contributed by atoms with Crippen molar-refractivity contribution < 1.29 is 49.5 Å². The van der Waals surface area contributed by atoms with E-state index in [-0.39, 0.29) is 39.3 Å². The van der Waals surface area contributed by atoms with Gasteiger partial charge in [-0.15, -0.1) is 13.2 Å². The topological polar surface area (TPSA) is 139 Å². The summed E-state index contributed by atoms with van der Waals surface area (Å²) in [5, 5.41) is 12.6. The number of carbonyl (C=O) groups excluding carboxylic acids is 1. The van der Waals surface area contributed by atoms with E-state index in [1.54, 1.807) is 19.1 Å². The molecule has 0 aliphatic carbocycles. The molecule has 2 N–H and O–H groups in total. The van der Waals surface area contributed by atoms with Gasteiger partial charge in [-0.2, -0.15) is 0 Å². The molecule has 1 unspecified atom stereocenters. The lowest BCUT2D eigenvalue weighted by Gasteiger charge is -2.23. The Morgan fingerprint density at radius 1 is 0.850 bits per heavy atom. The minimum absolute atomic E-state index is 0.0122. The largest absolute Gasteiger partial charge is 0.573 e. The SMILES string of the molecule is Cc1ccc(S(=O)(=O)CNCC(CS(=O)(=O)c2ccc(Oc3ccc(OC(F)(F)F)cc3)cc2)N(O)C=O)cc1. The van der Waals surface area contributed by atoms with Crippen molar-refractivity contribution in [1.29, 1.82) is 0 Å². The Labute approximate surface area is 228 Å². The van der Waals surface area contributed by atoms with Crippen LogP contribution in [0.1, 0.15) is 5.56 Å². The van der Waals surface area contributed by atoms with E-state index >= 15 is 0 Å². The lowest BCUT2D eigenvalue weighted by atomic mass is 10.2. The minimum Gasteiger partial charge on any atom is -0.457 e. The minimum atomic E-state index is -4.84. The highest BCUT2D eigenvalue weighted by Crippen LogP contribution is 2.28. The molecule has 1 atom stereocenters. The summed E-state index contributed by atoms with van der Waals surface area (Å²) in [6.45, 7) is 1.45. The van der Waals surface area contributed by atoms with Gasteiger partial charge in [0.1, 0.15) is 23.1 Å². The molecule has 0 radical (unpaired) electrons. The maximum atomic E-state index is 13.0. The lowest BCUT2D eigenvalue weighted by Crippen LogP contribution is -2.45. The van der Waals surface area contributed by atoms with Crippen molar-refractivity contribution in [3.8, 4) is 17.2 Å². The van der Waals surface area contributed by atoms with E-state index in [1.807, 2.05) is 0 Å². The molecule has 0 spiro atoms. The first-order chi connectivity index (χ1) is 18.7. The first kappa shape index (κ1) is 30.9. The molecule has 0 bridgehead atoms. The van der Waals surface area contributed by atoms with Gasteiger partial charge in [0.15, 0.2) is 19.7 Å². The molecule has 3 aromatic carbocycles. The van der Waals surface area contributed by atoms with Gasteiger partial charge in [-0.3, -0.25) is 10.0 Å². The fraction of sp³-hybridized carbons (Fsp3) is 0.240. The summed E-state index contributed by atoms with van der Waals surface area (Å²) >= 11 is 0. The van der Waals surface area contributed by atoms with E-state index in [4.69, 9.17) is 4.74 Å². The maximum absolute atomic E-state index is 13.0. The smallest absolute Gasteiger partial charge is 0.457 e. The predicted octanol–water partition coefficient (Wildman–Crippen LogP) is 3.70. The second-order valence-electron chi connectivity index (χ2n) is 8.54. The second kappa shape index (κ2) is 12.7. The van der Waals surface area contributed by atoms with Crippen LogP contribution in [0.15, 0.2) is 82.6 Å². The van der Waals surface area contributed by atoms with Crippen molar-refractivity contribution in [2.45, 2.75) is 29.1 Å². The number of ether oxygens (including phenoxy) is 2. The van der Waals surface area contributed by atoms with E-state index < -0.39 is 49.5 Å². The predicted molar refractivity (Wildman–Crippen MR) is 136 cm³/mol. The molecule has 40 heavy (non-hydrogen) atoms. The molecular weight excluding hydrogens is 577 g/mol. The van der Waals surface area contributed by atoms with Gasteiger partial charge in [0, 0.05) is 6.54 Å². The van der Waals surface area contributed by atoms with Gasteiger partial charge in [-0.05, 0) is 67.6 Å². The summed E-state index contributed by atoms with van der Waals surface area (Å²) in [6, 6.07) is 14.4. The van der Waals surface area contributed by atoms with Crippen LogP contribution in [-0.2, 0) is 24.5 Å². The zero-order valence-corrected chi connectivity index (χ0v) is 22.5. The first-order valence-electron chi connectivity index (χ1n) is 11.5. The van der Waals surface area contributed by atoms with Crippen LogP contribution in [0.25, 0.3) is 0 Å². The number of hydrogen-bond donors (Lipinski definition) is 2. The number of carbonyl (C=O) groups is 1. The fourth-order valence-electron chi connectivity index (χ4n) is 3.41. The number of aryl methyl sites for hydroxylation is 1. The average Bonchev–Trinajstić information content (AvgIpc) is 2.88. The molecule has 0 saturated carbocycles. The molecule has 3 aromatic rings. The molecule has 0 aliphatic heterocycles. The second-order valence-corrected chi connectivity index (χ2v) is 12.6. The van der Waals surface area contributed by atoms with Crippen LogP contribution in [0.2, 0.25) is 0 Å². The fourth-order valence-corrected chi connectivity index (χ4v) is 6.04. The molecule has 216 valence electrons. The van der Waals surface area contributed by atoms with Crippen LogP contribution in [-0.4, -0.2) is 64.1 Å². The molecule has 0 aromatic heterocycles. The average molecular weight is 603 g/mol. The molecule has 10 nitrogen and oxygen atoms in total. The summed E-state index contributed by atoms with van der Waals surface area (Å²) < 4.78 is 97.1. The normalized spacial score (nSPS) is 12.9. The van der Waals surface area contributed by atoms with Gasteiger partial charge >= 0.3 is 6.36 Å². The molecule has 3 rings (SSSR count). The van der Waals surface area contributed by atoms with E-state index in [9.17, 15) is 40.0 Å². The highest BCUT2D eigenvalue weighted by Gasteiger charge is 2.31. The van der Waals surface area contributed by atoms with Gasteiger partial charge in [-0.1, -0.05) is 17.7 Å². The highest BCUT2D eigenvalue weighted by molar-refractivity contribution is 7.91. The van der Waals surface area contributed by atoms with Crippen LogP contribution < -0.4 is 14.8 Å². The lowest BCUT2D eigenvalue weighted by molar-refractivity contribution is -0.274. The summed E-state index contributed by atoms with van der Waals surface area (Å²) in [7, 11) is -7.84. The van der Waals surface area contributed by atoms with E-state index in [0.29, 0.717) is 0 Å². The Hall–Kier alpha value is -3.66. The third-order valence-corrected chi connectivity index (χ3v) is 8.81. The Kier molecular flexibility index (Phi) is 9.78. The number of rotatable bonds is 13. The Balaban J connectivity index is 1.63. The third kappa shape index (κ3) is 8.94. The van der Waals surface area contributed by atoms with Crippen LogP contribution in [0, 0.1) is 6.92 Å². The van der Waals surface area contributed by atoms with E-state index in [0.717, 1.165) is 17.7 Å². The number of hydroxylamine groups is 2. The number of sulfone groups is 2. The summed E-state index contributed by atoms with van der Waals surface area (Å²) in [5.74, 6) is -1.39. The maximum Gasteiger partial charge on any atom is 0.573 e. The number of alkyl halides is 3. The monoisotopic (exact) mass is 602 g/mol.